The highest BCUT2D eigenvalue weighted by molar-refractivity contribution is 7.99. The van der Waals surface area contributed by atoms with Crippen molar-refractivity contribution in [1.29, 1.82) is 0 Å². The van der Waals surface area contributed by atoms with Crippen LogP contribution >= 0.6 is 23.4 Å². The Balaban J connectivity index is 1.78. The number of hydrogen-bond acceptors (Lipinski definition) is 7. The van der Waals surface area contributed by atoms with Gasteiger partial charge in [0.1, 0.15) is 10.8 Å². The molecule has 1 aliphatic heterocycles. The fourth-order valence-corrected chi connectivity index (χ4v) is 4.27. The normalized spacial score (nSPS) is 16.0. The Morgan fingerprint density at radius 1 is 1.39 bits per heavy atom. The summed E-state index contributed by atoms with van der Waals surface area (Å²) < 4.78 is 0. The molecular weight excluding hydrogens is 400 g/mol. The summed E-state index contributed by atoms with van der Waals surface area (Å²) in [6.45, 7) is 3.98. The van der Waals surface area contributed by atoms with Crippen LogP contribution in [0.2, 0.25) is 5.02 Å². The van der Waals surface area contributed by atoms with Crippen molar-refractivity contribution in [2.45, 2.75) is 29.7 Å². The fourth-order valence-electron chi connectivity index (χ4n) is 3.09. The van der Waals surface area contributed by atoms with Crippen molar-refractivity contribution < 1.29 is 9.90 Å². The van der Waals surface area contributed by atoms with Gasteiger partial charge in [0.2, 0.25) is 0 Å². The summed E-state index contributed by atoms with van der Waals surface area (Å²) in [4.78, 5) is 22.7. The largest absolute Gasteiger partial charge is 0.465 e. The standard InChI is InChI=1S/C18H23ClN6O2S/c1-18(10-23-17(26)27)5-7-25(8-6-18)15-16(22-9-13(21)24-15)28-12-4-2-3-11(20)14(12)19/h2-4,9,23H,5-8,10,20H2,1H3,(H2,21,24)(H,26,27). The van der Waals surface area contributed by atoms with Crippen molar-refractivity contribution in [3.63, 3.8) is 0 Å². The first kappa shape index (κ1) is 20.3. The van der Waals surface area contributed by atoms with Crippen molar-refractivity contribution in [2.75, 3.05) is 36.0 Å². The number of rotatable bonds is 5. The molecule has 0 spiro atoms. The molecular formula is C18H23ClN6O2S. The third-order valence-electron chi connectivity index (χ3n) is 4.88. The van der Waals surface area contributed by atoms with Crippen LogP contribution < -0.4 is 21.7 Å². The zero-order valence-electron chi connectivity index (χ0n) is 15.5. The van der Waals surface area contributed by atoms with Gasteiger partial charge in [0, 0.05) is 24.5 Å². The summed E-state index contributed by atoms with van der Waals surface area (Å²) in [6.07, 6.45) is 2.18. The molecule has 8 nitrogen and oxygen atoms in total. The maximum atomic E-state index is 10.8. The number of nitrogen functional groups attached to an aromatic ring is 2. The quantitative estimate of drug-likeness (QED) is 0.539. The molecule has 0 bridgehead atoms. The number of carboxylic acid groups (broad SMARTS) is 1. The van der Waals surface area contributed by atoms with E-state index < -0.39 is 6.09 Å². The fraction of sp³-hybridized carbons (Fsp3) is 0.389. The topological polar surface area (TPSA) is 130 Å². The van der Waals surface area contributed by atoms with Crippen LogP contribution in [0.5, 0.6) is 0 Å². The van der Waals surface area contributed by atoms with Crippen LogP contribution in [0.15, 0.2) is 34.3 Å². The number of nitrogens with one attached hydrogen (secondary N) is 1. The van der Waals surface area contributed by atoms with Crippen LogP contribution in [-0.2, 0) is 0 Å². The molecule has 1 aromatic heterocycles. The van der Waals surface area contributed by atoms with E-state index in [4.69, 9.17) is 28.2 Å². The van der Waals surface area contributed by atoms with Crippen molar-refractivity contribution in [3.05, 3.63) is 29.4 Å². The Morgan fingerprint density at radius 2 is 2.11 bits per heavy atom. The first-order valence-corrected chi connectivity index (χ1v) is 10.0. The lowest BCUT2D eigenvalue weighted by atomic mass is 9.80. The first-order valence-electron chi connectivity index (χ1n) is 8.83. The highest BCUT2D eigenvalue weighted by Crippen LogP contribution is 2.40. The summed E-state index contributed by atoms with van der Waals surface area (Å²) in [5, 5.41) is 12.5. The molecule has 10 heteroatoms. The highest BCUT2D eigenvalue weighted by Gasteiger charge is 2.32. The third kappa shape index (κ3) is 4.71. The molecule has 6 N–H and O–H groups in total. The second-order valence-electron chi connectivity index (χ2n) is 7.14. The molecule has 0 saturated carbocycles. The van der Waals surface area contributed by atoms with E-state index >= 15 is 0 Å². The van der Waals surface area contributed by atoms with Gasteiger partial charge in [0.15, 0.2) is 5.82 Å². The predicted molar refractivity (Wildman–Crippen MR) is 112 cm³/mol. The van der Waals surface area contributed by atoms with Crippen molar-refractivity contribution in [2.24, 2.45) is 5.41 Å². The second kappa shape index (κ2) is 8.32. The molecule has 1 aliphatic rings. The van der Waals surface area contributed by atoms with Crippen LogP contribution in [0.1, 0.15) is 19.8 Å². The highest BCUT2D eigenvalue weighted by atomic mass is 35.5. The Kier molecular flexibility index (Phi) is 6.04. The van der Waals surface area contributed by atoms with Crippen LogP contribution in [0.4, 0.5) is 22.1 Å². The summed E-state index contributed by atoms with van der Waals surface area (Å²) in [5.74, 6) is 1.05. The van der Waals surface area contributed by atoms with Gasteiger partial charge in [-0.15, -0.1) is 0 Å². The zero-order chi connectivity index (χ0) is 20.3. The summed E-state index contributed by atoms with van der Waals surface area (Å²) in [6, 6.07) is 5.48. The third-order valence-corrected chi connectivity index (χ3v) is 6.45. The Labute approximate surface area is 172 Å². The first-order chi connectivity index (χ1) is 13.3. The molecule has 2 aromatic rings. The van der Waals surface area contributed by atoms with Gasteiger partial charge in [0.25, 0.3) is 0 Å². The van der Waals surface area contributed by atoms with E-state index in [-0.39, 0.29) is 5.41 Å². The number of hydrogen-bond donors (Lipinski definition) is 4. The lowest BCUT2D eigenvalue weighted by molar-refractivity contribution is 0.178. The molecule has 1 fully saturated rings. The molecule has 3 rings (SSSR count). The van der Waals surface area contributed by atoms with Crippen LogP contribution in [-0.4, -0.2) is 40.8 Å². The van der Waals surface area contributed by atoms with E-state index in [1.165, 1.54) is 18.0 Å². The molecule has 2 heterocycles. The van der Waals surface area contributed by atoms with E-state index in [0.29, 0.717) is 33.9 Å². The second-order valence-corrected chi connectivity index (χ2v) is 8.55. The van der Waals surface area contributed by atoms with E-state index in [1.54, 1.807) is 6.07 Å². The summed E-state index contributed by atoms with van der Waals surface area (Å²) >= 11 is 7.72. The van der Waals surface area contributed by atoms with Gasteiger partial charge in [-0.1, -0.05) is 36.4 Å². The predicted octanol–water partition coefficient (Wildman–Crippen LogP) is 3.32. The molecule has 1 saturated heterocycles. The van der Waals surface area contributed by atoms with E-state index in [0.717, 1.165) is 30.8 Å². The number of benzene rings is 1. The number of carbonyl (C=O) groups is 1. The lowest BCUT2D eigenvalue weighted by Crippen LogP contribution is -2.45. The molecule has 0 unspecified atom stereocenters. The summed E-state index contributed by atoms with van der Waals surface area (Å²) in [7, 11) is 0. The SMILES string of the molecule is CC1(CNC(=O)O)CCN(c2nc(N)cnc2Sc2cccc(N)c2Cl)CC1. The van der Waals surface area contributed by atoms with E-state index in [2.05, 4.69) is 27.1 Å². The number of anilines is 3. The Hall–Kier alpha value is -2.39. The maximum Gasteiger partial charge on any atom is 0.404 e. The minimum absolute atomic E-state index is 0.0901. The molecule has 0 atom stereocenters. The number of nitrogens with two attached hydrogens (primary N) is 2. The summed E-state index contributed by atoms with van der Waals surface area (Å²) in [5.41, 5.74) is 12.2. The molecule has 0 radical (unpaired) electrons. The molecule has 28 heavy (non-hydrogen) atoms. The maximum absolute atomic E-state index is 10.8. The average molecular weight is 423 g/mol. The van der Waals surface area contributed by atoms with Crippen molar-refractivity contribution >= 4 is 46.8 Å². The zero-order valence-corrected chi connectivity index (χ0v) is 17.1. The van der Waals surface area contributed by atoms with Gasteiger partial charge in [-0.3, -0.25) is 0 Å². The molecule has 0 aliphatic carbocycles. The van der Waals surface area contributed by atoms with Crippen LogP contribution in [0.3, 0.4) is 0 Å². The number of piperidine rings is 1. The van der Waals surface area contributed by atoms with Gasteiger partial charge in [-0.05, 0) is 30.4 Å². The monoisotopic (exact) mass is 422 g/mol. The average Bonchev–Trinajstić information content (AvgIpc) is 2.66. The van der Waals surface area contributed by atoms with Gasteiger partial charge in [-0.25, -0.2) is 14.8 Å². The lowest BCUT2D eigenvalue weighted by Gasteiger charge is -2.40. The molecule has 1 amide bonds. The molecule has 150 valence electrons. The Bertz CT molecular complexity index is 873. The van der Waals surface area contributed by atoms with E-state index in [1.807, 2.05) is 12.1 Å². The number of nitrogens with zero attached hydrogens (tertiary/aromatic N) is 3. The molecule has 1 aromatic carbocycles. The Morgan fingerprint density at radius 3 is 2.79 bits per heavy atom. The number of halogens is 1. The van der Waals surface area contributed by atoms with Gasteiger partial charge >= 0.3 is 6.09 Å². The van der Waals surface area contributed by atoms with Crippen molar-refractivity contribution in [1.82, 2.24) is 15.3 Å². The minimum atomic E-state index is -0.997. The van der Waals surface area contributed by atoms with Crippen LogP contribution in [0, 0.1) is 5.41 Å². The van der Waals surface area contributed by atoms with Gasteiger partial charge in [-0.2, -0.15) is 0 Å². The smallest absolute Gasteiger partial charge is 0.404 e. The van der Waals surface area contributed by atoms with Gasteiger partial charge < -0.3 is 26.8 Å². The number of amides is 1. The van der Waals surface area contributed by atoms with Crippen LogP contribution in [0.25, 0.3) is 0 Å². The minimum Gasteiger partial charge on any atom is -0.465 e. The van der Waals surface area contributed by atoms with E-state index in [9.17, 15) is 4.79 Å². The number of aromatic nitrogens is 2. The van der Waals surface area contributed by atoms with Crippen molar-refractivity contribution in [3.8, 4) is 0 Å². The van der Waals surface area contributed by atoms with Gasteiger partial charge in [0.05, 0.1) is 16.9 Å².